The second kappa shape index (κ2) is 17.3. The number of alkyl halides is 3. The first-order chi connectivity index (χ1) is 30.7. The molecule has 352 valence electrons. The molecular formula is C47H49F6N4O7PS. The molecule has 0 N–H and O–H groups in total. The molecule has 7 rings (SSSR count). The minimum Gasteiger partial charge on any atom is -0.456 e. The molecule has 19 heteroatoms. The summed E-state index contributed by atoms with van der Waals surface area (Å²) in [4.78, 5) is 45.2. The van der Waals surface area contributed by atoms with Crippen LogP contribution in [0.5, 0.6) is 11.5 Å². The third kappa shape index (κ3) is 7.98. The Labute approximate surface area is 384 Å². The Kier molecular flexibility index (Phi) is 12.8. The van der Waals surface area contributed by atoms with Crippen LogP contribution in [-0.4, -0.2) is 77.3 Å². The number of carbonyl (C=O) groups is 3. The van der Waals surface area contributed by atoms with Crippen LogP contribution < -0.4 is 14.5 Å². The Morgan fingerprint density at radius 1 is 0.848 bits per heavy atom. The molecule has 0 fully saturated rings. The van der Waals surface area contributed by atoms with E-state index >= 15 is 13.2 Å². The largest absolute Gasteiger partial charge is 0.471 e. The predicted octanol–water partition coefficient (Wildman–Crippen LogP) is 11.7. The van der Waals surface area contributed by atoms with Gasteiger partial charge in [-0.05, 0) is 92.5 Å². The van der Waals surface area contributed by atoms with Gasteiger partial charge in [0.05, 0.1) is 39.5 Å². The van der Waals surface area contributed by atoms with Crippen molar-refractivity contribution in [1.82, 2.24) is 4.67 Å². The maximum Gasteiger partial charge on any atom is 0.471 e. The van der Waals surface area contributed by atoms with Gasteiger partial charge in [-0.3, -0.25) is 14.5 Å². The fourth-order valence-electron chi connectivity index (χ4n) is 9.64. The molecule has 0 saturated carbocycles. The van der Waals surface area contributed by atoms with E-state index in [0.717, 1.165) is 6.07 Å². The van der Waals surface area contributed by atoms with Crippen molar-refractivity contribution in [3.63, 3.8) is 0 Å². The number of amides is 2. The zero-order valence-corrected chi connectivity index (χ0v) is 39.9. The molecule has 2 atom stereocenters. The van der Waals surface area contributed by atoms with Gasteiger partial charge < -0.3 is 28.3 Å². The first-order valence-corrected chi connectivity index (χ1v) is 23.2. The standard InChI is InChI=1S/C47H49F6N4O7PS/c1-23(2)57(24(3)4)65(61-14-13-54-12)62-15-16-66-41-39(49)37-36(38(48)40(41)50)42(59)64-46(37)30-17-28-25(5)21-44(8,9)55(27(7)58)32(28)19-34(30)63-35-20-33-29(18-31(35)46)26(6)22-45(10,11)56(33)43(60)47(51,52)53/h17-24H,13-16H2,1-11H3. The van der Waals surface area contributed by atoms with E-state index < -0.39 is 76.7 Å². The van der Waals surface area contributed by atoms with E-state index in [1.54, 1.807) is 27.7 Å². The van der Waals surface area contributed by atoms with Crippen LogP contribution in [0.1, 0.15) is 114 Å². The molecule has 11 nitrogen and oxygen atoms in total. The monoisotopic (exact) mass is 958 g/mol. The molecule has 0 radical (unpaired) electrons. The fourth-order valence-corrected chi connectivity index (χ4v) is 12.2. The smallest absolute Gasteiger partial charge is 0.456 e. The second-order valence-electron chi connectivity index (χ2n) is 18.1. The topological polar surface area (TPSA) is 102 Å². The highest BCUT2D eigenvalue weighted by molar-refractivity contribution is 7.99. The molecular weight excluding hydrogens is 910 g/mol. The summed E-state index contributed by atoms with van der Waals surface area (Å²) in [5.41, 5.74) is -5.19. The van der Waals surface area contributed by atoms with E-state index in [2.05, 4.69) is 4.85 Å². The van der Waals surface area contributed by atoms with Gasteiger partial charge in [0.1, 0.15) is 29.5 Å². The van der Waals surface area contributed by atoms with Crippen LogP contribution in [0.3, 0.4) is 0 Å². The quantitative estimate of drug-likeness (QED) is 0.0354. The summed E-state index contributed by atoms with van der Waals surface area (Å²) in [6.07, 6.45) is -2.04. The van der Waals surface area contributed by atoms with Crippen LogP contribution in [0.2, 0.25) is 0 Å². The molecule has 0 aliphatic carbocycles. The summed E-state index contributed by atoms with van der Waals surface area (Å²) >= 11 is 0.581. The number of fused-ring (bicyclic) bond motifs is 8. The summed E-state index contributed by atoms with van der Waals surface area (Å²) in [6.45, 7) is 26.1. The number of halogens is 6. The highest BCUT2D eigenvalue weighted by Gasteiger charge is 2.59. The summed E-state index contributed by atoms with van der Waals surface area (Å²) < 4.78 is 120. The molecule has 2 amide bonds. The van der Waals surface area contributed by atoms with E-state index in [-0.39, 0.29) is 77.4 Å². The average molecular weight is 959 g/mol. The number of anilines is 2. The summed E-state index contributed by atoms with van der Waals surface area (Å²) in [5.74, 6) is -9.26. The first-order valence-electron chi connectivity index (χ1n) is 21.1. The zero-order valence-electron chi connectivity index (χ0n) is 38.2. The van der Waals surface area contributed by atoms with Crippen molar-refractivity contribution in [3.8, 4) is 11.5 Å². The van der Waals surface area contributed by atoms with Crippen molar-refractivity contribution in [2.24, 2.45) is 0 Å². The zero-order chi connectivity index (χ0) is 48.7. The lowest BCUT2D eigenvalue weighted by Gasteiger charge is -2.45. The van der Waals surface area contributed by atoms with E-state index in [1.807, 2.05) is 38.4 Å². The number of hydrogen-bond donors (Lipinski definition) is 0. The number of hydrogen-bond acceptors (Lipinski definition) is 9. The number of benzene rings is 3. The molecule has 4 aliphatic rings. The predicted molar refractivity (Wildman–Crippen MR) is 240 cm³/mol. The first kappa shape index (κ1) is 49.0. The normalized spacial score (nSPS) is 19.3. The lowest BCUT2D eigenvalue weighted by molar-refractivity contribution is -0.171. The molecule has 4 heterocycles. The van der Waals surface area contributed by atoms with Gasteiger partial charge in [-0.2, -0.15) is 13.2 Å². The summed E-state index contributed by atoms with van der Waals surface area (Å²) in [6, 6.07) is 5.36. The van der Waals surface area contributed by atoms with Crippen LogP contribution in [-0.2, 0) is 29.0 Å². The van der Waals surface area contributed by atoms with E-state index in [9.17, 15) is 27.6 Å². The number of thioether (sulfide) groups is 1. The van der Waals surface area contributed by atoms with E-state index in [4.69, 9.17) is 25.1 Å². The fraction of sp³-hybridized carbons (Fsp3) is 0.447. The van der Waals surface area contributed by atoms with Crippen LogP contribution in [0.15, 0.2) is 41.3 Å². The highest BCUT2D eigenvalue weighted by atomic mass is 32.2. The summed E-state index contributed by atoms with van der Waals surface area (Å²) in [7, 11) is -1.73. The Morgan fingerprint density at radius 3 is 1.86 bits per heavy atom. The molecule has 4 aliphatic heterocycles. The van der Waals surface area contributed by atoms with Gasteiger partial charge in [0.15, 0.2) is 17.2 Å². The van der Waals surface area contributed by atoms with Crippen molar-refractivity contribution in [2.75, 3.05) is 35.3 Å². The maximum absolute atomic E-state index is 17.8. The number of nitrogens with zero attached hydrogens (tertiary/aromatic N) is 4. The van der Waals surface area contributed by atoms with Crippen LogP contribution in [0.25, 0.3) is 16.0 Å². The van der Waals surface area contributed by atoms with Gasteiger partial charge in [-0.1, -0.05) is 12.2 Å². The van der Waals surface area contributed by atoms with Crippen molar-refractivity contribution in [3.05, 3.63) is 98.7 Å². The molecule has 66 heavy (non-hydrogen) atoms. The third-order valence-corrected chi connectivity index (χ3v) is 14.9. The Balaban J connectivity index is 1.45. The molecule has 2 unspecified atom stereocenters. The molecule has 1 spiro atoms. The third-order valence-electron chi connectivity index (χ3n) is 11.8. The van der Waals surface area contributed by atoms with Gasteiger partial charge in [-0.25, -0.2) is 29.2 Å². The second-order valence-corrected chi connectivity index (χ2v) is 20.6. The number of rotatable bonds is 11. The van der Waals surface area contributed by atoms with Crippen LogP contribution >= 0.6 is 20.3 Å². The number of ether oxygens (including phenoxy) is 2. The molecule has 0 saturated heterocycles. The van der Waals surface area contributed by atoms with Gasteiger partial charge in [0.2, 0.25) is 12.5 Å². The Morgan fingerprint density at radius 2 is 1.36 bits per heavy atom. The van der Waals surface area contributed by atoms with Crippen LogP contribution in [0.4, 0.5) is 37.7 Å². The minimum atomic E-state index is -5.31. The van der Waals surface area contributed by atoms with Crippen molar-refractivity contribution in [1.29, 1.82) is 0 Å². The Hall–Kier alpha value is -4.92. The van der Waals surface area contributed by atoms with Gasteiger partial charge in [0, 0.05) is 59.1 Å². The van der Waals surface area contributed by atoms with Gasteiger partial charge in [0.25, 0.3) is 8.53 Å². The van der Waals surface area contributed by atoms with E-state index in [1.165, 1.54) is 49.9 Å². The minimum absolute atomic E-state index is 0.0390. The van der Waals surface area contributed by atoms with Crippen LogP contribution in [0, 0.1) is 24.0 Å². The van der Waals surface area contributed by atoms with Crippen molar-refractivity contribution >= 4 is 60.6 Å². The number of carbonyl (C=O) groups excluding carboxylic acids is 3. The average Bonchev–Trinajstić information content (AvgIpc) is 3.50. The van der Waals surface area contributed by atoms with Crippen molar-refractivity contribution in [2.45, 2.75) is 116 Å². The number of allylic oxidation sites excluding steroid dienone is 2. The summed E-state index contributed by atoms with van der Waals surface area (Å²) in [5, 5.41) is 0. The Bertz CT molecular complexity index is 2670. The lowest BCUT2D eigenvalue weighted by Crippen LogP contribution is -2.53. The highest BCUT2D eigenvalue weighted by Crippen LogP contribution is 2.61. The van der Waals surface area contributed by atoms with Crippen molar-refractivity contribution < 1.29 is 59.2 Å². The molecule has 3 aromatic rings. The van der Waals surface area contributed by atoms with E-state index in [0.29, 0.717) is 39.1 Å². The molecule has 3 aromatic carbocycles. The molecule has 0 aromatic heterocycles. The molecule has 0 bridgehead atoms. The SMILES string of the molecule is [C-]#[N+]CCOP(OCCSc1c(F)c(F)c2c(c1F)C1(OC2=O)c2cc3c(cc2Oc2cc4c(cc21)C(C)=CC(C)(C)N4C(=O)C(F)(F)F)N(C(C)=O)C(C)(C)C=C3C)N(C(C)C)C(C)C. The van der Waals surface area contributed by atoms with Gasteiger partial charge in [-0.15, -0.1) is 11.8 Å². The lowest BCUT2D eigenvalue weighted by atomic mass is 9.74. The number of esters is 1. The maximum atomic E-state index is 17.8. The van der Waals surface area contributed by atoms with Gasteiger partial charge >= 0.3 is 18.1 Å².